The molecule has 4 heteroatoms. The van der Waals surface area contributed by atoms with Crippen molar-refractivity contribution in [3.05, 3.63) is 71.3 Å². The van der Waals surface area contributed by atoms with E-state index in [4.69, 9.17) is 0 Å². The summed E-state index contributed by atoms with van der Waals surface area (Å²) < 4.78 is 25.9. The van der Waals surface area contributed by atoms with E-state index in [1.165, 1.54) is 24.3 Å². The van der Waals surface area contributed by atoms with Crippen molar-refractivity contribution in [3.63, 3.8) is 0 Å². The molecule has 0 aliphatic carbocycles. The van der Waals surface area contributed by atoms with Gasteiger partial charge in [-0.1, -0.05) is 24.3 Å². The summed E-state index contributed by atoms with van der Waals surface area (Å²) in [6.45, 7) is 1.28. The summed E-state index contributed by atoms with van der Waals surface area (Å²) in [5, 5.41) is 10.1. The van der Waals surface area contributed by atoms with Gasteiger partial charge in [-0.25, -0.2) is 8.78 Å². The molecule has 0 heterocycles. The fraction of sp³-hybridized carbons (Fsp3) is 0.294. The number of hydrogen-bond donors (Lipinski definition) is 1. The normalized spacial score (nSPS) is 12.6. The lowest BCUT2D eigenvalue weighted by Crippen LogP contribution is -2.21. The molecule has 2 rings (SSSR count). The highest BCUT2D eigenvalue weighted by Crippen LogP contribution is 2.17. The molecule has 0 aliphatic heterocycles. The second-order valence-corrected chi connectivity index (χ2v) is 5.22. The van der Waals surface area contributed by atoms with Crippen molar-refractivity contribution in [1.82, 2.24) is 4.90 Å². The Labute approximate surface area is 123 Å². The van der Waals surface area contributed by atoms with E-state index in [-0.39, 0.29) is 11.6 Å². The van der Waals surface area contributed by atoms with E-state index in [0.29, 0.717) is 25.1 Å². The van der Waals surface area contributed by atoms with E-state index < -0.39 is 6.10 Å². The van der Waals surface area contributed by atoms with Gasteiger partial charge in [-0.15, -0.1) is 0 Å². The number of aliphatic hydroxyl groups is 1. The van der Waals surface area contributed by atoms with Gasteiger partial charge in [0.2, 0.25) is 0 Å². The molecule has 1 atom stereocenters. The molecule has 0 aliphatic rings. The van der Waals surface area contributed by atoms with Crippen LogP contribution in [0, 0.1) is 11.6 Å². The number of rotatable bonds is 6. The van der Waals surface area contributed by atoms with Crippen LogP contribution in [0.15, 0.2) is 48.5 Å². The van der Waals surface area contributed by atoms with Crippen molar-refractivity contribution in [2.75, 3.05) is 13.6 Å². The SMILES string of the molecule is CN(CCC(O)c1ccc(F)cc1)Cc1cccc(F)c1. The molecule has 0 fully saturated rings. The lowest BCUT2D eigenvalue weighted by Gasteiger charge is -2.19. The van der Waals surface area contributed by atoms with Gasteiger partial charge in [0.15, 0.2) is 0 Å². The van der Waals surface area contributed by atoms with Crippen molar-refractivity contribution in [1.29, 1.82) is 0 Å². The topological polar surface area (TPSA) is 23.5 Å². The minimum atomic E-state index is -0.624. The molecule has 2 nitrogen and oxygen atoms in total. The van der Waals surface area contributed by atoms with Gasteiger partial charge >= 0.3 is 0 Å². The molecule has 0 aromatic heterocycles. The van der Waals surface area contributed by atoms with Gasteiger partial charge in [0.05, 0.1) is 6.10 Å². The van der Waals surface area contributed by atoms with Crippen LogP contribution in [-0.2, 0) is 6.54 Å². The molecule has 21 heavy (non-hydrogen) atoms. The molecule has 0 saturated carbocycles. The van der Waals surface area contributed by atoms with Gasteiger partial charge in [-0.2, -0.15) is 0 Å². The molecule has 0 bridgehead atoms. The van der Waals surface area contributed by atoms with Gasteiger partial charge < -0.3 is 10.0 Å². The lowest BCUT2D eigenvalue weighted by atomic mass is 10.1. The largest absolute Gasteiger partial charge is 0.388 e. The highest BCUT2D eigenvalue weighted by molar-refractivity contribution is 5.18. The quantitative estimate of drug-likeness (QED) is 0.880. The molecular weight excluding hydrogens is 272 g/mol. The molecule has 2 aromatic rings. The Bertz CT molecular complexity index is 571. The Morgan fingerprint density at radius 3 is 2.43 bits per heavy atom. The van der Waals surface area contributed by atoms with Crippen LogP contribution in [0.25, 0.3) is 0 Å². The van der Waals surface area contributed by atoms with E-state index in [2.05, 4.69) is 0 Å². The van der Waals surface area contributed by atoms with E-state index in [1.54, 1.807) is 18.2 Å². The van der Waals surface area contributed by atoms with Crippen LogP contribution < -0.4 is 0 Å². The van der Waals surface area contributed by atoms with Gasteiger partial charge in [-0.3, -0.25) is 0 Å². The molecule has 2 aromatic carbocycles. The summed E-state index contributed by atoms with van der Waals surface area (Å²) in [5.74, 6) is -0.554. The third-order valence-corrected chi connectivity index (χ3v) is 3.38. The first kappa shape index (κ1) is 15.6. The zero-order chi connectivity index (χ0) is 15.2. The Morgan fingerprint density at radius 2 is 1.76 bits per heavy atom. The average molecular weight is 291 g/mol. The van der Waals surface area contributed by atoms with Crippen molar-refractivity contribution < 1.29 is 13.9 Å². The molecule has 0 spiro atoms. The Kier molecular flexibility index (Phi) is 5.42. The molecule has 1 unspecified atom stereocenters. The summed E-state index contributed by atoms with van der Waals surface area (Å²) in [7, 11) is 1.92. The van der Waals surface area contributed by atoms with Crippen LogP contribution in [0.1, 0.15) is 23.7 Å². The van der Waals surface area contributed by atoms with Crippen LogP contribution in [0.2, 0.25) is 0 Å². The fourth-order valence-corrected chi connectivity index (χ4v) is 2.22. The zero-order valence-electron chi connectivity index (χ0n) is 12.0. The molecule has 0 amide bonds. The summed E-state index contributed by atoms with van der Waals surface area (Å²) in [6.07, 6.45) is -0.0853. The van der Waals surface area contributed by atoms with E-state index in [9.17, 15) is 13.9 Å². The van der Waals surface area contributed by atoms with Crippen LogP contribution in [0.3, 0.4) is 0 Å². The van der Waals surface area contributed by atoms with Gasteiger partial charge in [-0.05, 0) is 48.9 Å². The average Bonchev–Trinajstić information content (AvgIpc) is 2.45. The summed E-state index contributed by atoms with van der Waals surface area (Å²) >= 11 is 0. The predicted octanol–water partition coefficient (Wildman–Crippen LogP) is 3.52. The van der Waals surface area contributed by atoms with Crippen LogP contribution in [0.4, 0.5) is 8.78 Å². The standard InChI is InChI=1S/C17H19F2NO/c1-20(12-13-3-2-4-16(19)11-13)10-9-17(21)14-5-7-15(18)8-6-14/h2-8,11,17,21H,9-10,12H2,1H3. The number of hydrogen-bond acceptors (Lipinski definition) is 2. The Hall–Kier alpha value is -1.78. The lowest BCUT2D eigenvalue weighted by molar-refractivity contribution is 0.147. The van der Waals surface area contributed by atoms with E-state index in [0.717, 1.165) is 5.56 Å². The minimum absolute atomic E-state index is 0.243. The van der Waals surface area contributed by atoms with Gasteiger partial charge in [0, 0.05) is 13.1 Å². The van der Waals surface area contributed by atoms with Crippen molar-refractivity contribution in [2.24, 2.45) is 0 Å². The number of aliphatic hydroxyl groups excluding tert-OH is 1. The maximum atomic E-state index is 13.1. The third-order valence-electron chi connectivity index (χ3n) is 3.38. The van der Waals surface area contributed by atoms with Crippen molar-refractivity contribution in [3.8, 4) is 0 Å². The van der Waals surface area contributed by atoms with E-state index >= 15 is 0 Å². The van der Waals surface area contributed by atoms with Crippen molar-refractivity contribution in [2.45, 2.75) is 19.1 Å². The van der Waals surface area contributed by atoms with E-state index in [1.807, 2.05) is 18.0 Å². The maximum Gasteiger partial charge on any atom is 0.123 e. The minimum Gasteiger partial charge on any atom is -0.388 e. The zero-order valence-corrected chi connectivity index (χ0v) is 12.0. The predicted molar refractivity (Wildman–Crippen MR) is 78.7 cm³/mol. The first-order valence-electron chi connectivity index (χ1n) is 6.91. The molecule has 112 valence electrons. The summed E-state index contributed by atoms with van der Waals surface area (Å²) in [4.78, 5) is 2.02. The second-order valence-electron chi connectivity index (χ2n) is 5.22. The first-order chi connectivity index (χ1) is 10.0. The smallest absolute Gasteiger partial charge is 0.123 e. The van der Waals surface area contributed by atoms with Crippen LogP contribution in [-0.4, -0.2) is 23.6 Å². The van der Waals surface area contributed by atoms with Gasteiger partial charge in [0.1, 0.15) is 11.6 Å². The third kappa shape index (κ3) is 4.92. The maximum absolute atomic E-state index is 13.1. The van der Waals surface area contributed by atoms with Crippen molar-refractivity contribution >= 4 is 0 Å². The van der Waals surface area contributed by atoms with Crippen LogP contribution >= 0.6 is 0 Å². The second kappa shape index (κ2) is 7.29. The van der Waals surface area contributed by atoms with Gasteiger partial charge in [0.25, 0.3) is 0 Å². The Balaban J connectivity index is 1.83. The monoisotopic (exact) mass is 291 g/mol. The summed E-state index contributed by atoms with van der Waals surface area (Å²) in [5.41, 5.74) is 1.60. The molecule has 1 N–H and O–H groups in total. The number of halogens is 2. The highest BCUT2D eigenvalue weighted by atomic mass is 19.1. The molecule has 0 radical (unpaired) electrons. The number of benzene rings is 2. The molecular formula is C17H19F2NO. The first-order valence-corrected chi connectivity index (χ1v) is 6.91. The molecule has 0 saturated heterocycles. The summed E-state index contributed by atoms with van der Waals surface area (Å²) in [6, 6.07) is 12.3. The number of nitrogens with zero attached hydrogens (tertiary/aromatic N) is 1. The fourth-order valence-electron chi connectivity index (χ4n) is 2.22. The highest BCUT2D eigenvalue weighted by Gasteiger charge is 2.09. The Morgan fingerprint density at radius 1 is 1.05 bits per heavy atom. The van der Waals surface area contributed by atoms with Crippen LogP contribution in [0.5, 0.6) is 0 Å².